The van der Waals surface area contributed by atoms with Gasteiger partial charge in [-0.3, -0.25) is 0 Å². The van der Waals surface area contributed by atoms with E-state index in [0.717, 1.165) is 10.9 Å². The average Bonchev–Trinajstić information content (AvgIpc) is 2.46. The molecule has 1 aliphatic rings. The molecule has 0 bridgehead atoms. The van der Waals surface area contributed by atoms with Crippen LogP contribution in [0.25, 0.3) is 10.9 Å². The summed E-state index contributed by atoms with van der Waals surface area (Å²) in [6, 6.07) is 9.64. The molecular weight excluding hydrogens is 306 g/mol. The zero-order valence-corrected chi connectivity index (χ0v) is 13.0. The summed E-state index contributed by atoms with van der Waals surface area (Å²) in [5, 5.41) is 0.966. The Morgan fingerprint density at radius 1 is 1.24 bits per heavy atom. The topological polar surface area (TPSA) is 76.3 Å². The molecule has 2 heterocycles. The Morgan fingerprint density at radius 3 is 2.57 bits per heavy atom. The molecule has 21 heavy (non-hydrogen) atoms. The molecule has 1 aromatic heterocycles. The van der Waals surface area contributed by atoms with E-state index in [0.29, 0.717) is 24.5 Å². The van der Waals surface area contributed by atoms with Crippen LogP contribution in [-0.4, -0.2) is 43.0 Å². The number of sulfone groups is 1. The van der Waals surface area contributed by atoms with E-state index in [-0.39, 0.29) is 16.5 Å². The second-order valence-electron chi connectivity index (χ2n) is 5.06. The van der Waals surface area contributed by atoms with Gasteiger partial charge in [0.2, 0.25) is 0 Å². The van der Waals surface area contributed by atoms with E-state index >= 15 is 0 Å². The maximum absolute atomic E-state index is 11.6. The maximum Gasteiger partial charge on any atom is 0.153 e. The van der Waals surface area contributed by atoms with Gasteiger partial charge < -0.3 is 10.6 Å². The van der Waals surface area contributed by atoms with Gasteiger partial charge in [-0.25, -0.2) is 13.4 Å². The second-order valence-corrected chi connectivity index (χ2v) is 7.80. The first-order valence-electron chi connectivity index (χ1n) is 6.61. The summed E-state index contributed by atoms with van der Waals surface area (Å²) >= 11 is 5.12. The van der Waals surface area contributed by atoms with Gasteiger partial charge in [-0.05, 0) is 12.1 Å². The third-order valence-electron chi connectivity index (χ3n) is 3.61. The molecule has 1 aromatic carbocycles. The summed E-state index contributed by atoms with van der Waals surface area (Å²) in [7, 11) is -2.93. The van der Waals surface area contributed by atoms with Crippen molar-refractivity contribution in [2.24, 2.45) is 5.73 Å². The Bertz CT molecular complexity index is 804. The smallest absolute Gasteiger partial charge is 0.153 e. The van der Waals surface area contributed by atoms with Crippen LogP contribution >= 0.6 is 12.2 Å². The molecular formula is C14H15N3O2S2. The fourth-order valence-corrected chi connectivity index (χ4v) is 3.80. The lowest BCUT2D eigenvalue weighted by atomic mass is 10.1. The highest BCUT2D eigenvalue weighted by atomic mass is 32.2. The van der Waals surface area contributed by atoms with E-state index < -0.39 is 9.84 Å². The highest BCUT2D eigenvalue weighted by Gasteiger charge is 2.25. The molecule has 1 aliphatic heterocycles. The summed E-state index contributed by atoms with van der Waals surface area (Å²) in [6.45, 7) is 0.840. The number of thiocarbonyl (C=S) groups is 1. The van der Waals surface area contributed by atoms with Crippen LogP contribution in [0.4, 0.5) is 5.82 Å². The number of rotatable bonds is 2. The van der Waals surface area contributed by atoms with Gasteiger partial charge in [0.15, 0.2) is 9.84 Å². The van der Waals surface area contributed by atoms with E-state index in [1.54, 1.807) is 0 Å². The first-order chi connectivity index (χ1) is 9.96. The minimum Gasteiger partial charge on any atom is -0.389 e. The Hall–Kier alpha value is -1.73. The molecule has 5 nitrogen and oxygen atoms in total. The molecule has 0 saturated carbocycles. The number of anilines is 1. The van der Waals surface area contributed by atoms with Crippen LogP contribution in [0.3, 0.4) is 0 Å². The van der Waals surface area contributed by atoms with Crippen LogP contribution in [0.2, 0.25) is 0 Å². The fourth-order valence-electron chi connectivity index (χ4n) is 2.45. The van der Waals surface area contributed by atoms with E-state index in [1.807, 2.05) is 35.2 Å². The molecule has 7 heteroatoms. The van der Waals surface area contributed by atoms with E-state index in [1.165, 1.54) is 0 Å². The molecule has 3 rings (SSSR count). The Balaban J connectivity index is 2.08. The molecule has 0 unspecified atom stereocenters. The monoisotopic (exact) mass is 321 g/mol. The Kier molecular flexibility index (Phi) is 3.54. The SMILES string of the molecule is NC(=S)c1cc2ccccc2nc1N1CCS(=O)(=O)CC1. The van der Waals surface area contributed by atoms with Crippen LogP contribution < -0.4 is 10.6 Å². The predicted molar refractivity (Wildman–Crippen MR) is 88.5 cm³/mol. The summed E-state index contributed by atoms with van der Waals surface area (Å²) in [6.07, 6.45) is 0. The van der Waals surface area contributed by atoms with Crippen molar-refractivity contribution in [3.05, 3.63) is 35.9 Å². The van der Waals surface area contributed by atoms with Crippen LogP contribution in [-0.2, 0) is 9.84 Å². The zero-order chi connectivity index (χ0) is 15.0. The van der Waals surface area contributed by atoms with Crippen molar-refractivity contribution in [2.45, 2.75) is 0 Å². The van der Waals surface area contributed by atoms with Gasteiger partial charge in [-0.15, -0.1) is 0 Å². The number of hydrogen-bond acceptors (Lipinski definition) is 5. The second kappa shape index (κ2) is 5.23. The van der Waals surface area contributed by atoms with Crippen LogP contribution in [0.15, 0.2) is 30.3 Å². The van der Waals surface area contributed by atoms with Gasteiger partial charge in [0, 0.05) is 18.5 Å². The van der Waals surface area contributed by atoms with E-state index in [9.17, 15) is 8.42 Å². The van der Waals surface area contributed by atoms with Crippen molar-refractivity contribution < 1.29 is 8.42 Å². The number of aromatic nitrogens is 1. The summed E-state index contributed by atoms with van der Waals surface area (Å²) < 4.78 is 23.1. The molecule has 1 fully saturated rings. The Labute approximate surface area is 128 Å². The van der Waals surface area contributed by atoms with Gasteiger partial charge in [-0.1, -0.05) is 30.4 Å². The predicted octanol–water partition coefficient (Wildman–Crippen LogP) is 1.10. The third-order valence-corrected chi connectivity index (χ3v) is 5.44. The molecule has 0 spiro atoms. The number of benzene rings is 1. The van der Waals surface area contributed by atoms with Crippen molar-refractivity contribution >= 4 is 43.8 Å². The first-order valence-corrected chi connectivity index (χ1v) is 8.84. The average molecular weight is 321 g/mol. The van der Waals surface area contributed by atoms with Gasteiger partial charge in [0.1, 0.15) is 10.8 Å². The number of fused-ring (bicyclic) bond motifs is 1. The number of hydrogen-bond donors (Lipinski definition) is 1. The largest absolute Gasteiger partial charge is 0.389 e. The molecule has 0 amide bonds. The quantitative estimate of drug-likeness (QED) is 0.835. The van der Waals surface area contributed by atoms with Gasteiger partial charge in [0.05, 0.1) is 22.6 Å². The first kappa shape index (κ1) is 14.2. The van der Waals surface area contributed by atoms with Crippen molar-refractivity contribution in [1.82, 2.24) is 4.98 Å². The molecule has 0 atom stereocenters. The highest BCUT2D eigenvalue weighted by Crippen LogP contribution is 2.25. The molecule has 1 saturated heterocycles. The fraction of sp³-hybridized carbons (Fsp3) is 0.286. The van der Waals surface area contributed by atoms with Gasteiger partial charge >= 0.3 is 0 Å². The van der Waals surface area contributed by atoms with E-state index in [2.05, 4.69) is 4.98 Å². The van der Waals surface area contributed by atoms with Crippen molar-refractivity contribution in [3.63, 3.8) is 0 Å². The lowest BCUT2D eigenvalue weighted by molar-refractivity contribution is 0.586. The van der Waals surface area contributed by atoms with Gasteiger partial charge in [-0.2, -0.15) is 0 Å². The summed E-state index contributed by atoms with van der Waals surface area (Å²) in [5.41, 5.74) is 7.36. The minimum atomic E-state index is -2.93. The van der Waals surface area contributed by atoms with Crippen molar-refractivity contribution in [2.75, 3.05) is 29.5 Å². The minimum absolute atomic E-state index is 0.137. The van der Waals surface area contributed by atoms with Crippen molar-refractivity contribution in [1.29, 1.82) is 0 Å². The Morgan fingerprint density at radius 2 is 1.90 bits per heavy atom. The lowest BCUT2D eigenvalue weighted by Gasteiger charge is -2.29. The summed E-state index contributed by atoms with van der Waals surface area (Å²) in [5.74, 6) is 0.951. The van der Waals surface area contributed by atoms with Crippen molar-refractivity contribution in [3.8, 4) is 0 Å². The standard InChI is InChI=1S/C14H15N3O2S2/c15-13(20)11-9-10-3-1-2-4-12(10)16-14(11)17-5-7-21(18,19)8-6-17/h1-4,9H,5-8H2,(H2,15,20). The van der Waals surface area contributed by atoms with Gasteiger partial charge in [0.25, 0.3) is 0 Å². The number of para-hydroxylation sites is 1. The third kappa shape index (κ3) is 2.84. The number of pyridine rings is 1. The summed E-state index contributed by atoms with van der Waals surface area (Å²) in [4.78, 5) is 6.85. The number of nitrogens with zero attached hydrogens (tertiary/aromatic N) is 2. The number of nitrogens with two attached hydrogens (primary N) is 1. The normalized spacial score (nSPS) is 17.8. The molecule has 0 radical (unpaired) electrons. The zero-order valence-electron chi connectivity index (χ0n) is 11.3. The van der Waals surface area contributed by atoms with Crippen LogP contribution in [0.1, 0.15) is 5.56 Å². The van der Waals surface area contributed by atoms with Crippen LogP contribution in [0, 0.1) is 0 Å². The van der Waals surface area contributed by atoms with Crippen LogP contribution in [0.5, 0.6) is 0 Å². The van der Waals surface area contributed by atoms with E-state index in [4.69, 9.17) is 18.0 Å². The molecule has 2 aromatic rings. The lowest BCUT2D eigenvalue weighted by Crippen LogP contribution is -2.41. The molecule has 2 N–H and O–H groups in total. The molecule has 110 valence electrons. The maximum atomic E-state index is 11.6. The molecule has 0 aliphatic carbocycles. The highest BCUT2D eigenvalue weighted by molar-refractivity contribution is 7.91.